The molecule has 60 valence electrons. The summed E-state index contributed by atoms with van der Waals surface area (Å²) < 4.78 is 0. The van der Waals surface area contributed by atoms with Crippen molar-refractivity contribution >= 4 is 0 Å². The quantitative estimate of drug-likeness (QED) is 0.496. The van der Waals surface area contributed by atoms with Gasteiger partial charge in [0.15, 0.2) is 0 Å². The summed E-state index contributed by atoms with van der Waals surface area (Å²) in [6.45, 7) is 3.88. The molecule has 0 spiro atoms. The number of H-pyrrole nitrogens is 1. The standard InChI is InChI=1S/C9H14N2/c1-2-3-6-10-8-9-5-4-7-11-9/h2-5,7,10-11H,6,8H2,1H3/b3-2+. The SMILES string of the molecule is C/C=C/CNCc1ccc[nH]1. The van der Waals surface area contributed by atoms with Gasteiger partial charge in [0.05, 0.1) is 0 Å². The molecule has 0 aromatic carbocycles. The summed E-state index contributed by atoms with van der Waals surface area (Å²) in [6, 6.07) is 4.08. The fraction of sp³-hybridized carbons (Fsp3) is 0.333. The Bertz CT molecular complexity index is 199. The number of aromatic nitrogens is 1. The van der Waals surface area contributed by atoms with Crippen LogP contribution < -0.4 is 5.32 Å². The highest BCUT2D eigenvalue weighted by molar-refractivity contribution is 5.03. The Morgan fingerprint density at radius 2 is 2.55 bits per heavy atom. The third-order valence-electron chi connectivity index (χ3n) is 1.48. The molecule has 0 saturated heterocycles. The molecular weight excluding hydrogens is 136 g/mol. The van der Waals surface area contributed by atoms with Gasteiger partial charge in [0, 0.05) is 25.0 Å². The first-order chi connectivity index (χ1) is 5.43. The highest BCUT2D eigenvalue weighted by Crippen LogP contribution is 1.91. The lowest BCUT2D eigenvalue weighted by Gasteiger charge is -1.97. The van der Waals surface area contributed by atoms with Crippen molar-refractivity contribution in [3.05, 3.63) is 36.2 Å². The fourth-order valence-corrected chi connectivity index (χ4v) is 0.886. The Balaban J connectivity index is 2.14. The van der Waals surface area contributed by atoms with E-state index in [1.54, 1.807) is 0 Å². The first kappa shape index (κ1) is 8.08. The van der Waals surface area contributed by atoms with E-state index in [2.05, 4.69) is 22.4 Å². The van der Waals surface area contributed by atoms with Crippen molar-refractivity contribution < 1.29 is 0 Å². The molecule has 2 N–H and O–H groups in total. The van der Waals surface area contributed by atoms with Crippen molar-refractivity contribution in [2.24, 2.45) is 0 Å². The molecule has 0 aliphatic carbocycles. The topological polar surface area (TPSA) is 27.8 Å². The Morgan fingerprint density at radius 1 is 1.64 bits per heavy atom. The third kappa shape index (κ3) is 3.05. The second kappa shape index (κ2) is 4.74. The molecule has 2 heteroatoms. The van der Waals surface area contributed by atoms with Crippen LogP contribution >= 0.6 is 0 Å². The molecule has 1 aromatic heterocycles. The van der Waals surface area contributed by atoms with Crippen molar-refractivity contribution in [3.63, 3.8) is 0 Å². The monoisotopic (exact) mass is 150 g/mol. The van der Waals surface area contributed by atoms with E-state index in [1.165, 1.54) is 5.69 Å². The van der Waals surface area contributed by atoms with Crippen LogP contribution in [0.3, 0.4) is 0 Å². The zero-order valence-electron chi connectivity index (χ0n) is 6.80. The van der Waals surface area contributed by atoms with Gasteiger partial charge >= 0.3 is 0 Å². The highest BCUT2D eigenvalue weighted by atomic mass is 14.9. The van der Waals surface area contributed by atoms with Gasteiger partial charge in [-0.3, -0.25) is 0 Å². The van der Waals surface area contributed by atoms with Gasteiger partial charge in [0.2, 0.25) is 0 Å². The maximum Gasteiger partial charge on any atom is 0.0359 e. The van der Waals surface area contributed by atoms with E-state index >= 15 is 0 Å². The molecule has 0 saturated carbocycles. The molecule has 0 unspecified atom stereocenters. The van der Waals surface area contributed by atoms with Gasteiger partial charge in [0.1, 0.15) is 0 Å². The summed E-state index contributed by atoms with van der Waals surface area (Å²) in [4.78, 5) is 3.13. The molecule has 0 amide bonds. The van der Waals surface area contributed by atoms with Gasteiger partial charge in [-0.15, -0.1) is 0 Å². The van der Waals surface area contributed by atoms with E-state index in [0.29, 0.717) is 0 Å². The molecule has 0 atom stereocenters. The van der Waals surface area contributed by atoms with Crippen LogP contribution in [0.1, 0.15) is 12.6 Å². The summed E-state index contributed by atoms with van der Waals surface area (Å²) >= 11 is 0. The number of hydrogen-bond donors (Lipinski definition) is 2. The predicted molar refractivity (Wildman–Crippen MR) is 47.3 cm³/mol. The summed E-state index contributed by atoms with van der Waals surface area (Å²) in [7, 11) is 0. The lowest BCUT2D eigenvalue weighted by molar-refractivity contribution is 0.744. The van der Waals surface area contributed by atoms with Gasteiger partial charge in [-0.05, 0) is 19.1 Å². The van der Waals surface area contributed by atoms with Crippen molar-refractivity contribution in [2.45, 2.75) is 13.5 Å². The summed E-state index contributed by atoms with van der Waals surface area (Å²) in [6.07, 6.45) is 6.08. The minimum absolute atomic E-state index is 0.914. The normalized spacial score (nSPS) is 11.0. The van der Waals surface area contributed by atoms with E-state index in [9.17, 15) is 0 Å². The van der Waals surface area contributed by atoms with Gasteiger partial charge in [-0.1, -0.05) is 12.2 Å². The summed E-state index contributed by atoms with van der Waals surface area (Å²) in [5.41, 5.74) is 1.23. The lowest BCUT2D eigenvalue weighted by Crippen LogP contribution is -2.12. The Labute approximate surface area is 67.3 Å². The number of rotatable bonds is 4. The van der Waals surface area contributed by atoms with Crippen molar-refractivity contribution in [2.75, 3.05) is 6.54 Å². The Morgan fingerprint density at radius 3 is 3.18 bits per heavy atom. The van der Waals surface area contributed by atoms with Crippen LogP contribution in [0.4, 0.5) is 0 Å². The van der Waals surface area contributed by atoms with Crippen LogP contribution in [0.2, 0.25) is 0 Å². The van der Waals surface area contributed by atoms with Crippen LogP contribution in [0.5, 0.6) is 0 Å². The Hall–Kier alpha value is -1.02. The smallest absolute Gasteiger partial charge is 0.0359 e. The molecule has 1 rings (SSSR count). The fourth-order valence-electron chi connectivity index (χ4n) is 0.886. The maximum absolute atomic E-state index is 3.27. The van der Waals surface area contributed by atoms with Crippen LogP contribution in [0.15, 0.2) is 30.5 Å². The largest absolute Gasteiger partial charge is 0.364 e. The van der Waals surface area contributed by atoms with Crippen LogP contribution in [-0.4, -0.2) is 11.5 Å². The number of allylic oxidation sites excluding steroid dienone is 1. The van der Waals surface area contributed by atoms with Crippen molar-refractivity contribution in [1.29, 1.82) is 0 Å². The minimum atomic E-state index is 0.914. The van der Waals surface area contributed by atoms with Crippen molar-refractivity contribution in [3.8, 4) is 0 Å². The van der Waals surface area contributed by atoms with Gasteiger partial charge < -0.3 is 10.3 Å². The Kier molecular flexibility index (Phi) is 3.48. The molecule has 0 bridgehead atoms. The average molecular weight is 150 g/mol. The second-order valence-corrected chi connectivity index (χ2v) is 2.40. The zero-order chi connectivity index (χ0) is 7.94. The third-order valence-corrected chi connectivity index (χ3v) is 1.48. The predicted octanol–water partition coefficient (Wildman–Crippen LogP) is 1.68. The summed E-state index contributed by atoms with van der Waals surface area (Å²) in [5, 5.41) is 3.27. The molecule has 0 radical (unpaired) electrons. The number of hydrogen-bond acceptors (Lipinski definition) is 1. The van der Waals surface area contributed by atoms with Gasteiger partial charge in [-0.25, -0.2) is 0 Å². The van der Waals surface area contributed by atoms with E-state index in [4.69, 9.17) is 0 Å². The van der Waals surface area contributed by atoms with Gasteiger partial charge in [-0.2, -0.15) is 0 Å². The number of aromatic amines is 1. The van der Waals surface area contributed by atoms with Crippen molar-refractivity contribution in [1.82, 2.24) is 10.3 Å². The second-order valence-electron chi connectivity index (χ2n) is 2.40. The molecule has 11 heavy (non-hydrogen) atoms. The minimum Gasteiger partial charge on any atom is -0.364 e. The molecular formula is C9H14N2. The molecule has 1 aromatic rings. The average Bonchev–Trinajstić information content (AvgIpc) is 2.50. The highest BCUT2D eigenvalue weighted by Gasteiger charge is 1.87. The van der Waals surface area contributed by atoms with Crippen LogP contribution in [0.25, 0.3) is 0 Å². The van der Waals surface area contributed by atoms with Gasteiger partial charge in [0.25, 0.3) is 0 Å². The molecule has 0 fully saturated rings. The first-order valence-corrected chi connectivity index (χ1v) is 3.87. The summed E-state index contributed by atoms with van der Waals surface area (Å²) in [5.74, 6) is 0. The van der Waals surface area contributed by atoms with E-state index < -0.39 is 0 Å². The van der Waals surface area contributed by atoms with E-state index in [1.807, 2.05) is 25.3 Å². The molecule has 0 aliphatic heterocycles. The lowest BCUT2D eigenvalue weighted by atomic mass is 10.4. The van der Waals surface area contributed by atoms with E-state index in [-0.39, 0.29) is 0 Å². The first-order valence-electron chi connectivity index (χ1n) is 3.87. The number of nitrogens with one attached hydrogen (secondary N) is 2. The van der Waals surface area contributed by atoms with Crippen LogP contribution in [0, 0.1) is 0 Å². The molecule has 1 heterocycles. The molecule has 2 nitrogen and oxygen atoms in total. The van der Waals surface area contributed by atoms with Crippen LogP contribution in [-0.2, 0) is 6.54 Å². The molecule has 0 aliphatic rings. The van der Waals surface area contributed by atoms with E-state index in [0.717, 1.165) is 13.1 Å². The maximum atomic E-state index is 3.27. The zero-order valence-corrected chi connectivity index (χ0v) is 6.80.